The van der Waals surface area contributed by atoms with Gasteiger partial charge in [-0.05, 0) is 74.7 Å². The molecule has 0 bridgehead atoms. The number of allylic oxidation sites excluding steroid dienone is 1. The van der Waals surface area contributed by atoms with Gasteiger partial charge < -0.3 is 39.1 Å². The molecule has 2 saturated heterocycles. The largest absolute Gasteiger partial charge is 0.458 e. The Morgan fingerprint density at radius 2 is 1.92 bits per heavy atom. The number of carbonyl (C=O) groups excluding carboxylic acids is 2. The molecule has 3 N–H and O–H groups in total. The first kappa shape index (κ1) is 25.4. The molecule has 208 valence electrons. The Balaban J connectivity index is 1.21. The number of fused-ring (bicyclic) bond motifs is 7. The minimum absolute atomic E-state index is 0.00762. The highest BCUT2D eigenvalue weighted by Gasteiger charge is 2.69. The topological polar surface area (TPSA) is 132 Å². The first-order chi connectivity index (χ1) is 18.0. The van der Waals surface area contributed by atoms with Gasteiger partial charge in [0.25, 0.3) is 0 Å². The van der Waals surface area contributed by atoms with E-state index in [-0.39, 0.29) is 54.9 Å². The number of aliphatic hydroxyl groups excluding tert-OH is 1. The maximum absolute atomic E-state index is 13.1. The monoisotopic (exact) mass is 530 g/mol. The maximum Gasteiger partial charge on any atom is 0.331 e. The van der Waals surface area contributed by atoms with Crippen molar-refractivity contribution in [3.8, 4) is 0 Å². The van der Waals surface area contributed by atoms with Gasteiger partial charge in [0.05, 0.1) is 23.9 Å². The lowest BCUT2D eigenvalue weighted by molar-refractivity contribution is -0.457. The summed E-state index contributed by atoms with van der Waals surface area (Å²) in [6.45, 7) is 4.18. The zero-order valence-electron chi connectivity index (χ0n) is 22.0. The standard InChI is InChI=1S/C29H38O9/c1-15-9-23(31)29(34)25(36-15)37-21-11-17-3-4-20-19(27(17,14-30)12-22(21)38-29)5-7-26(2)18(6-8-28(20,26)33)16-10-24(32)35-13-16/h5,7,10,14-15,17-23,25,31,33-34H,3-4,6,8-9,11-13H2,1-2H3. The summed E-state index contributed by atoms with van der Waals surface area (Å²) in [5.74, 6) is -2.56. The molecule has 0 spiro atoms. The first-order valence-corrected chi connectivity index (χ1v) is 14.2. The van der Waals surface area contributed by atoms with Crippen molar-refractivity contribution >= 4 is 12.3 Å². The van der Waals surface area contributed by atoms with Crippen LogP contribution in [-0.4, -0.2) is 76.3 Å². The van der Waals surface area contributed by atoms with Gasteiger partial charge >= 0.3 is 5.97 Å². The van der Waals surface area contributed by atoms with Crippen LogP contribution in [0.1, 0.15) is 58.8 Å². The smallest absolute Gasteiger partial charge is 0.331 e. The fraction of sp³-hybridized carbons (Fsp3) is 0.793. The number of aldehydes is 1. The van der Waals surface area contributed by atoms with Crippen LogP contribution in [0.2, 0.25) is 0 Å². The molecule has 0 aromatic rings. The Morgan fingerprint density at radius 3 is 2.66 bits per heavy atom. The highest BCUT2D eigenvalue weighted by atomic mass is 16.8. The van der Waals surface area contributed by atoms with Crippen molar-refractivity contribution in [3.63, 3.8) is 0 Å². The summed E-state index contributed by atoms with van der Waals surface area (Å²) in [5, 5.41) is 34.3. The van der Waals surface area contributed by atoms with E-state index in [1.807, 2.05) is 6.92 Å². The Hall–Kier alpha value is -1.62. The summed E-state index contributed by atoms with van der Waals surface area (Å²) >= 11 is 0. The SMILES string of the molecule is CC1CC(O)C2(O)OC3CC4(C=O)C(CCC5C4C=CC4(C)C(C6=CC(=O)OC6)CCC54O)CC3OC2O1. The first-order valence-electron chi connectivity index (χ1n) is 14.2. The molecular formula is C29H38O9. The van der Waals surface area contributed by atoms with Crippen LogP contribution in [0.4, 0.5) is 0 Å². The summed E-state index contributed by atoms with van der Waals surface area (Å²) in [7, 11) is 0. The fourth-order valence-electron chi connectivity index (χ4n) is 9.57. The number of ether oxygens (including phenoxy) is 4. The molecule has 13 unspecified atom stereocenters. The van der Waals surface area contributed by atoms with E-state index in [1.54, 1.807) is 6.08 Å². The predicted octanol–water partition coefficient (Wildman–Crippen LogP) is 1.78. The number of hydrogen-bond acceptors (Lipinski definition) is 9. The summed E-state index contributed by atoms with van der Waals surface area (Å²) < 4.78 is 23.4. The van der Waals surface area contributed by atoms with E-state index in [0.717, 1.165) is 31.1 Å². The lowest BCUT2D eigenvalue weighted by atomic mass is 9.45. The van der Waals surface area contributed by atoms with E-state index in [4.69, 9.17) is 18.9 Å². The molecule has 5 fully saturated rings. The third kappa shape index (κ3) is 3.14. The van der Waals surface area contributed by atoms with Crippen molar-refractivity contribution in [2.75, 3.05) is 6.61 Å². The van der Waals surface area contributed by atoms with Crippen LogP contribution in [0.5, 0.6) is 0 Å². The van der Waals surface area contributed by atoms with Gasteiger partial charge in [0.2, 0.25) is 12.1 Å². The summed E-state index contributed by atoms with van der Waals surface area (Å²) in [4.78, 5) is 24.9. The molecule has 7 aliphatic rings. The second kappa shape index (κ2) is 8.21. The third-order valence-corrected chi connectivity index (χ3v) is 11.6. The normalized spacial score (nSPS) is 57.0. The summed E-state index contributed by atoms with van der Waals surface area (Å²) in [5.41, 5.74) is -1.41. The highest BCUT2D eigenvalue weighted by Crippen LogP contribution is 2.68. The average molecular weight is 531 g/mol. The quantitative estimate of drug-likeness (QED) is 0.212. The van der Waals surface area contributed by atoms with Gasteiger partial charge in [-0.25, -0.2) is 4.79 Å². The molecule has 0 aromatic carbocycles. The Labute approximate surface area is 222 Å². The molecule has 4 aliphatic carbocycles. The number of cyclic esters (lactones) is 1. The molecule has 3 saturated carbocycles. The number of aliphatic hydroxyl groups is 3. The van der Waals surface area contributed by atoms with Crippen LogP contribution in [0.25, 0.3) is 0 Å². The molecule has 3 heterocycles. The zero-order chi connectivity index (χ0) is 26.7. The molecular weight excluding hydrogens is 492 g/mol. The highest BCUT2D eigenvalue weighted by molar-refractivity contribution is 5.85. The van der Waals surface area contributed by atoms with Crippen molar-refractivity contribution in [3.05, 3.63) is 23.8 Å². The summed E-state index contributed by atoms with van der Waals surface area (Å²) in [6, 6.07) is 0. The molecule has 9 heteroatoms. The molecule has 0 radical (unpaired) electrons. The third-order valence-electron chi connectivity index (χ3n) is 11.6. The van der Waals surface area contributed by atoms with Crippen molar-refractivity contribution in [2.45, 2.75) is 101 Å². The van der Waals surface area contributed by atoms with E-state index >= 15 is 0 Å². The van der Waals surface area contributed by atoms with Crippen LogP contribution < -0.4 is 0 Å². The van der Waals surface area contributed by atoms with Crippen LogP contribution >= 0.6 is 0 Å². The van der Waals surface area contributed by atoms with Crippen molar-refractivity contribution in [1.82, 2.24) is 0 Å². The lowest BCUT2D eigenvalue weighted by Crippen LogP contribution is -2.70. The number of hydrogen-bond donors (Lipinski definition) is 3. The van der Waals surface area contributed by atoms with Crippen LogP contribution in [0.3, 0.4) is 0 Å². The fourth-order valence-corrected chi connectivity index (χ4v) is 9.57. The number of carbonyl (C=O) groups is 2. The van der Waals surface area contributed by atoms with E-state index in [2.05, 4.69) is 19.1 Å². The average Bonchev–Trinajstić information content (AvgIpc) is 3.42. The molecule has 7 rings (SSSR count). The van der Waals surface area contributed by atoms with Crippen LogP contribution in [-0.2, 0) is 28.5 Å². The Bertz CT molecular complexity index is 1100. The van der Waals surface area contributed by atoms with E-state index in [9.17, 15) is 24.9 Å². The predicted molar refractivity (Wildman–Crippen MR) is 131 cm³/mol. The van der Waals surface area contributed by atoms with Crippen LogP contribution in [0, 0.1) is 34.5 Å². The molecule has 0 aromatic heterocycles. The second-order valence-corrected chi connectivity index (χ2v) is 13.2. The molecule has 13 atom stereocenters. The lowest BCUT2D eigenvalue weighted by Gasteiger charge is -2.63. The second-order valence-electron chi connectivity index (χ2n) is 13.2. The molecule has 0 amide bonds. The summed E-state index contributed by atoms with van der Waals surface area (Å²) in [6.07, 6.45) is 7.52. The molecule has 38 heavy (non-hydrogen) atoms. The Morgan fingerprint density at radius 1 is 1.11 bits per heavy atom. The van der Waals surface area contributed by atoms with E-state index in [0.29, 0.717) is 19.3 Å². The number of rotatable bonds is 2. The van der Waals surface area contributed by atoms with E-state index in [1.165, 1.54) is 0 Å². The van der Waals surface area contributed by atoms with Gasteiger partial charge in [-0.1, -0.05) is 19.1 Å². The van der Waals surface area contributed by atoms with Crippen molar-refractivity contribution < 1.29 is 43.9 Å². The molecule has 9 nitrogen and oxygen atoms in total. The maximum atomic E-state index is 13.1. The van der Waals surface area contributed by atoms with Gasteiger partial charge in [0, 0.05) is 23.3 Å². The Kier molecular flexibility index (Phi) is 5.48. The van der Waals surface area contributed by atoms with Gasteiger partial charge in [0.15, 0.2) is 0 Å². The van der Waals surface area contributed by atoms with Crippen molar-refractivity contribution in [1.29, 1.82) is 0 Å². The van der Waals surface area contributed by atoms with Gasteiger partial charge in [-0.15, -0.1) is 0 Å². The van der Waals surface area contributed by atoms with Crippen LogP contribution in [0.15, 0.2) is 23.8 Å². The minimum atomic E-state index is -1.98. The van der Waals surface area contributed by atoms with E-state index < -0.39 is 40.7 Å². The number of esters is 1. The van der Waals surface area contributed by atoms with Gasteiger partial charge in [-0.2, -0.15) is 0 Å². The van der Waals surface area contributed by atoms with Gasteiger partial charge in [-0.3, -0.25) is 0 Å². The minimum Gasteiger partial charge on any atom is -0.458 e. The van der Waals surface area contributed by atoms with Gasteiger partial charge in [0.1, 0.15) is 19.0 Å². The zero-order valence-corrected chi connectivity index (χ0v) is 22.0. The van der Waals surface area contributed by atoms with Crippen molar-refractivity contribution in [2.24, 2.45) is 34.5 Å². The molecule has 3 aliphatic heterocycles.